The van der Waals surface area contributed by atoms with Gasteiger partial charge in [0.25, 0.3) is 0 Å². The number of nitriles is 1. The lowest BCUT2D eigenvalue weighted by Gasteiger charge is -2.34. The molecule has 1 saturated carbocycles. The first-order valence-corrected chi connectivity index (χ1v) is 9.10. The van der Waals surface area contributed by atoms with Gasteiger partial charge in [0.1, 0.15) is 6.07 Å². The minimum absolute atomic E-state index is 0.133. The van der Waals surface area contributed by atoms with Crippen LogP contribution in [0, 0.1) is 24.2 Å². The molecule has 0 radical (unpaired) electrons. The fraction of sp³-hybridized carbons (Fsp3) is 0.429. The zero-order valence-electron chi connectivity index (χ0n) is 15.1. The third kappa shape index (κ3) is 2.74. The molecule has 4 nitrogen and oxygen atoms in total. The van der Waals surface area contributed by atoms with Crippen LogP contribution >= 0.6 is 0 Å². The second-order valence-electron chi connectivity index (χ2n) is 7.50. The third-order valence-electron chi connectivity index (χ3n) is 5.20. The number of rotatable bonds is 4. The van der Waals surface area contributed by atoms with Crippen LogP contribution in [0.15, 0.2) is 35.5 Å². The van der Waals surface area contributed by atoms with Crippen molar-refractivity contribution in [3.63, 3.8) is 0 Å². The van der Waals surface area contributed by atoms with Crippen molar-refractivity contribution in [2.24, 2.45) is 10.9 Å². The summed E-state index contributed by atoms with van der Waals surface area (Å²) in [6, 6.07) is 9.21. The van der Waals surface area contributed by atoms with Gasteiger partial charge in [-0.2, -0.15) is 5.26 Å². The first-order chi connectivity index (χ1) is 12.1. The van der Waals surface area contributed by atoms with Crippen LogP contribution in [0.3, 0.4) is 0 Å². The summed E-state index contributed by atoms with van der Waals surface area (Å²) >= 11 is 0. The number of hydrogen-bond donors (Lipinski definition) is 0. The largest absolute Gasteiger partial charge is 0.349 e. The molecule has 4 heteroatoms. The molecule has 1 unspecified atom stereocenters. The third-order valence-corrected chi connectivity index (χ3v) is 5.20. The van der Waals surface area contributed by atoms with E-state index in [2.05, 4.69) is 60.7 Å². The van der Waals surface area contributed by atoms with Gasteiger partial charge in [0.15, 0.2) is 6.17 Å². The summed E-state index contributed by atoms with van der Waals surface area (Å²) in [4.78, 5) is 7.00. The van der Waals surface area contributed by atoms with Crippen LogP contribution < -0.4 is 0 Å². The van der Waals surface area contributed by atoms with Crippen LogP contribution in [0.5, 0.6) is 0 Å². The lowest BCUT2D eigenvalue weighted by Crippen LogP contribution is -2.32. The van der Waals surface area contributed by atoms with E-state index in [0.29, 0.717) is 6.04 Å². The molecule has 1 aromatic carbocycles. The van der Waals surface area contributed by atoms with Crippen molar-refractivity contribution in [2.75, 3.05) is 0 Å². The van der Waals surface area contributed by atoms with E-state index >= 15 is 0 Å². The van der Waals surface area contributed by atoms with E-state index in [1.54, 1.807) is 0 Å². The summed E-state index contributed by atoms with van der Waals surface area (Å²) in [5.41, 5.74) is 4.22. The van der Waals surface area contributed by atoms with E-state index in [9.17, 15) is 5.26 Å². The van der Waals surface area contributed by atoms with Crippen LogP contribution in [-0.2, 0) is 6.54 Å². The smallest absolute Gasteiger partial charge is 0.163 e. The number of aromatic nitrogens is 1. The molecule has 1 aromatic heterocycles. The quantitative estimate of drug-likeness (QED) is 0.825. The zero-order chi connectivity index (χ0) is 17.6. The van der Waals surface area contributed by atoms with E-state index in [1.165, 1.54) is 23.9 Å². The molecule has 1 fully saturated rings. The topological polar surface area (TPSA) is 44.3 Å². The molecule has 25 heavy (non-hydrogen) atoms. The van der Waals surface area contributed by atoms with Crippen molar-refractivity contribution >= 4 is 17.1 Å². The molecule has 2 aliphatic rings. The Kier molecular flexibility index (Phi) is 3.88. The summed E-state index contributed by atoms with van der Waals surface area (Å²) in [7, 11) is 0. The number of nitrogens with zero attached hydrogens (tertiary/aromatic N) is 4. The van der Waals surface area contributed by atoms with Gasteiger partial charge in [0.2, 0.25) is 0 Å². The summed E-state index contributed by atoms with van der Waals surface area (Å²) in [5.74, 6) is 0.733. The predicted molar refractivity (Wildman–Crippen MR) is 101 cm³/mol. The van der Waals surface area contributed by atoms with Crippen LogP contribution in [0.25, 0.3) is 10.9 Å². The van der Waals surface area contributed by atoms with Crippen LogP contribution in [0.4, 0.5) is 0 Å². The SMILES string of the molecule is Cc1ccc2c(C#N)c(C3N=CC=CN3C(C)C)n(CC3CC3)c2c1. The normalized spacial score (nSPS) is 19.8. The van der Waals surface area contributed by atoms with Crippen molar-refractivity contribution in [3.8, 4) is 6.07 Å². The van der Waals surface area contributed by atoms with E-state index in [0.717, 1.165) is 29.1 Å². The zero-order valence-corrected chi connectivity index (χ0v) is 15.1. The highest BCUT2D eigenvalue weighted by atomic mass is 15.3. The van der Waals surface area contributed by atoms with Gasteiger partial charge < -0.3 is 9.47 Å². The van der Waals surface area contributed by atoms with E-state index < -0.39 is 0 Å². The maximum absolute atomic E-state index is 9.95. The van der Waals surface area contributed by atoms with Crippen LogP contribution in [0.1, 0.15) is 49.7 Å². The van der Waals surface area contributed by atoms with Gasteiger partial charge in [0.05, 0.1) is 11.3 Å². The Hall–Kier alpha value is -2.54. The van der Waals surface area contributed by atoms with Gasteiger partial charge >= 0.3 is 0 Å². The highest BCUT2D eigenvalue weighted by Crippen LogP contribution is 2.39. The van der Waals surface area contributed by atoms with Crippen molar-refractivity contribution < 1.29 is 0 Å². The van der Waals surface area contributed by atoms with Gasteiger partial charge in [0, 0.05) is 35.9 Å². The Morgan fingerprint density at radius 1 is 1.32 bits per heavy atom. The average molecular weight is 332 g/mol. The Balaban J connectivity index is 1.96. The molecule has 128 valence electrons. The van der Waals surface area contributed by atoms with E-state index in [4.69, 9.17) is 4.99 Å². The standard InChI is InChI=1S/C21H24N4/c1-14(2)24-10-4-9-23-21(24)20-18(12-22)17-8-5-15(3)11-19(17)25(20)13-16-6-7-16/h4-5,8-11,14,16,21H,6-7,13H2,1-3H3. The van der Waals surface area contributed by atoms with E-state index in [-0.39, 0.29) is 6.17 Å². The molecule has 1 aliphatic carbocycles. The fourth-order valence-corrected chi connectivity index (χ4v) is 3.71. The maximum Gasteiger partial charge on any atom is 0.163 e. The molecule has 0 N–H and O–H groups in total. The number of aliphatic imine (C=N–C) groups is 1. The minimum Gasteiger partial charge on any atom is -0.349 e. The van der Waals surface area contributed by atoms with Gasteiger partial charge in [-0.1, -0.05) is 12.1 Å². The summed E-state index contributed by atoms with van der Waals surface area (Å²) in [6.45, 7) is 7.44. The number of hydrogen-bond acceptors (Lipinski definition) is 3. The molecule has 2 aromatic rings. The summed E-state index contributed by atoms with van der Waals surface area (Å²) < 4.78 is 2.37. The highest BCUT2D eigenvalue weighted by Gasteiger charge is 2.32. The Bertz CT molecular complexity index is 906. The monoisotopic (exact) mass is 332 g/mol. The molecule has 0 spiro atoms. The van der Waals surface area contributed by atoms with Crippen LogP contribution in [-0.4, -0.2) is 21.7 Å². The second kappa shape index (κ2) is 6.07. The molecule has 1 aliphatic heterocycles. The number of benzene rings is 1. The predicted octanol–water partition coefficient (Wildman–Crippen LogP) is 4.54. The summed E-state index contributed by atoms with van der Waals surface area (Å²) in [5, 5.41) is 11.0. The molecule has 0 bridgehead atoms. The Labute approximate surface area is 149 Å². The highest BCUT2D eigenvalue weighted by molar-refractivity contribution is 5.89. The number of allylic oxidation sites excluding steroid dienone is 1. The van der Waals surface area contributed by atoms with Crippen molar-refractivity contribution in [2.45, 2.75) is 52.4 Å². The molecule has 0 saturated heterocycles. The Morgan fingerprint density at radius 3 is 2.80 bits per heavy atom. The molecular weight excluding hydrogens is 308 g/mol. The maximum atomic E-state index is 9.95. The molecule has 1 atom stereocenters. The first-order valence-electron chi connectivity index (χ1n) is 9.10. The van der Waals surface area contributed by atoms with Crippen molar-refractivity contribution in [1.29, 1.82) is 5.26 Å². The number of fused-ring (bicyclic) bond motifs is 1. The molecule has 2 heterocycles. The summed E-state index contributed by atoms with van der Waals surface area (Å²) in [6.07, 6.45) is 8.36. The molecular formula is C21H24N4. The van der Waals surface area contributed by atoms with Gasteiger partial charge in [-0.15, -0.1) is 0 Å². The van der Waals surface area contributed by atoms with Gasteiger partial charge in [-0.05, 0) is 57.2 Å². The second-order valence-corrected chi connectivity index (χ2v) is 7.50. The van der Waals surface area contributed by atoms with Gasteiger partial charge in [-0.25, -0.2) is 0 Å². The fourth-order valence-electron chi connectivity index (χ4n) is 3.71. The molecule has 0 amide bonds. The molecule has 4 rings (SSSR count). The van der Waals surface area contributed by atoms with Crippen molar-refractivity contribution in [3.05, 3.63) is 47.3 Å². The Morgan fingerprint density at radius 2 is 2.12 bits per heavy atom. The van der Waals surface area contributed by atoms with Crippen LogP contribution in [0.2, 0.25) is 0 Å². The van der Waals surface area contributed by atoms with E-state index in [1.807, 2.05) is 12.3 Å². The number of aryl methyl sites for hydroxylation is 1. The first kappa shape index (κ1) is 16.0. The minimum atomic E-state index is -0.133. The lowest BCUT2D eigenvalue weighted by molar-refractivity contribution is 0.225. The van der Waals surface area contributed by atoms with Crippen molar-refractivity contribution in [1.82, 2.24) is 9.47 Å². The average Bonchev–Trinajstić information content (AvgIpc) is 3.37. The van der Waals surface area contributed by atoms with Gasteiger partial charge in [-0.3, -0.25) is 4.99 Å². The lowest BCUT2D eigenvalue weighted by atomic mass is 10.1.